The third-order valence-electron chi connectivity index (χ3n) is 12.9. The Morgan fingerprint density at radius 3 is 1.54 bits per heavy atom. The summed E-state index contributed by atoms with van der Waals surface area (Å²) in [6.07, 6.45) is 0. The van der Waals surface area contributed by atoms with E-state index in [-0.39, 0.29) is 0 Å². The molecule has 0 amide bonds. The summed E-state index contributed by atoms with van der Waals surface area (Å²) in [4.78, 5) is 15.6. The molecule has 294 valence electrons. The molecule has 5 heteroatoms. The van der Waals surface area contributed by atoms with Gasteiger partial charge in [0, 0.05) is 49.8 Å². The van der Waals surface area contributed by atoms with Gasteiger partial charge in [-0.25, -0.2) is 15.0 Å². The van der Waals surface area contributed by atoms with Crippen LogP contribution >= 0.6 is 0 Å². The first-order chi connectivity index (χ1) is 31.2. The molecule has 1 aliphatic carbocycles. The van der Waals surface area contributed by atoms with Crippen molar-refractivity contribution >= 4 is 21.8 Å². The van der Waals surface area contributed by atoms with Gasteiger partial charge in [-0.3, -0.25) is 0 Å². The fourth-order valence-corrected chi connectivity index (χ4v) is 10.2. The second-order valence-corrected chi connectivity index (χ2v) is 16.3. The van der Waals surface area contributed by atoms with E-state index in [2.05, 4.69) is 199 Å². The summed E-state index contributed by atoms with van der Waals surface area (Å²) in [5.41, 5.74) is 14.8. The van der Waals surface area contributed by atoms with Gasteiger partial charge in [0.2, 0.25) is 0 Å². The quantitative estimate of drug-likeness (QED) is 0.174. The zero-order valence-corrected chi connectivity index (χ0v) is 34.0. The topological polar surface area (TPSA) is 52.8 Å². The molecule has 0 saturated carbocycles. The fourth-order valence-electron chi connectivity index (χ4n) is 10.2. The summed E-state index contributed by atoms with van der Waals surface area (Å²) in [5, 5.41) is 2.40. The van der Waals surface area contributed by atoms with Crippen molar-refractivity contribution in [3.8, 4) is 73.6 Å². The lowest BCUT2D eigenvalue weighted by Crippen LogP contribution is -2.32. The lowest BCUT2D eigenvalue weighted by atomic mass is 9.66. The molecule has 11 aromatic rings. The molecule has 0 N–H and O–H groups in total. The van der Waals surface area contributed by atoms with Crippen LogP contribution < -0.4 is 4.74 Å². The number of aromatic nitrogens is 4. The Labute approximate surface area is 364 Å². The van der Waals surface area contributed by atoms with E-state index in [1.165, 1.54) is 27.5 Å². The van der Waals surface area contributed by atoms with E-state index in [4.69, 9.17) is 19.7 Å². The number of fused-ring (bicyclic) bond motifs is 13. The first-order valence-electron chi connectivity index (χ1n) is 21.4. The number of rotatable bonds is 5. The minimum absolute atomic E-state index is 0.611. The van der Waals surface area contributed by atoms with Crippen molar-refractivity contribution in [1.29, 1.82) is 0 Å². The molecule has 2 aromatic heterocycles. The Morgan fingerprint density at radius 2 is 0.857 bits per heavy atom. The maximum absolute atomic E-state index is 6.73. The van der Waals surface area contributed by atoms with E-state index < -0.39 is 5.41 Å². The average molecular weight is 805 g/mol. The molecule has 0 bridgehead atoms. The number of hydrogen-bond donors (Lipinski definition) is 0. The normalized spacial score (nSPS) is 13.0. The zero-order valence-electron chi connectivity index (χ0n) is 34.0. The highest BCUT2D eigenvalue weighted by Gasteiger charge is 2.52. The predicted molar refractivity (Wildman–Crippen MR) is 253 cm³/mol. The maximum Gasteiger partial charge on any atom is 0.164 e. The van der Waals surface area contributed by atoms with Crippen LogP contribution in [0.25, 0.3) is 83.9 Å². The van der Waals surface area contributed by atoms with Crippen molar-refractivity contribution in [3.63, 3.8) is 0 Å². The van der Waals surface area contributed by atoms with Crippen LogP contribution in [0.15, 0.2) is 218 Å². The Hall–Kier alpha value is -8.41. The number of nitrogens with zero attached hydrogens (tertiary/aromatic N) is 4. The number of para-hydroxylation sites is 4. The van der Waals surface area contributed by atoms with Crippen LogP contribution in [0.2, 0.25) is 0 Å². The van der Waals surface area contributed by atoms with E-state index in [9.17, 15) is 0 Å². The third-order valence-corrected chi connectivity index (χ3v) is 12.9. The van der Waals surface area contributed by atoms with Crippen LogP contribution in [0.5, 0.6) is 11.5 Å². The van der Waals surface area contributed by atoms with Gasteiger partial charge in [0.15, 0.2) is 17.5 Å². The molecule has 5 nitrogen and oxygen atoms in total. The largest absolute Gasteiger partial charge is 0.457 e. The van der Waals surface area contributed by atoms with Crippen LogP contribution in [0, 0.1) is 0 Å². The van der Waals surface area contributed by atoms with Gasteiger partial charge in [-0.05, 0) is 64.2 Å². The first-order valence-corrected chi connectivity index (χ1v) is 21.4. The molecule has 2 aliphatic rings. The average Bonchev–Trinajstić information content (AvgIpc) is 3.85. The summed E-state index contributed by atoms with van der Waals surface area (Å²) >= 11 is 0. The highest BCUT2D eigenvalue weighted by molar-refractivity contribution is 6.16. The molecule has 0 unspecified atom stereocenters. The summed E-state index contributed by atoms with van der Waals surface area (Å²) in [6, 6.07) is 77.2. The molecule has 9 aromatic carbocycles. The van der Waals surface area contributed by atoms with Crippen LogP contribution in [0.3, 0.4) is 0 Å². The van der Waals surface area contributed by atoms with E-state index in [0.717, 1.165) is 72.7 Å². The molecule has 0 radical (unpaired) electrons. The maximum atomic E-state index is 6.73. The highest BCUT2D eigenvalue weighted by Crippen LogP contribution is 2.64. The van der Waals surface area contributed by atoms with Crippen LogP contribution in [-0.2, 0) is 5.41 Å². The van der Waals surface area contributed by atoms with E-state index in [1.54, 1.807) is 0 Å². The van der Waals surface area contributed by atoms with E-state index in [0.29, 0.717) is 17.5 Å². The standard InChI is InChI=1S/C58H36N4O/c1-4-16-37(17-5-1)38-28-30-40(31-29-38)56-59-55(39-18-6-2-7-19-39)60-57(61-56)41-32-34-46-45(36-41)53-49(58(46)47-23-11-14-26-51(47)63-52-27-15-12-24-48(52)58)35-33-44-43-22-10-13-25-50(43)62(54(44)53)42-20-8-3-9-21-42/h1-36H. The second-order valence-electron chi connectivity index (χ2n) is 16.3. The van der Waals surface area contributed by atoms with Gasteiger partial charge in [0.25, 0.3) is 0 Å². The van der Waals surface area contributed by atoms with Gasteiger partial charge in [0.05, 0.1) is 16.4 Å². The Kier molecular flexibility index (Phi) is 7.75. The molecule has 63 heavy (non-hydrogen) atoms. The summed E-state index contributed by atoms with van der Waals surface area (Å²) in [6.45, 7) is 0. The van der Waals surface area contributed by atoms with Crippen molar-refractivity contribution in [2.75, 3.05) is 0 Å². The van der Waals surface area contributed by atoms with Gasteiger partial charge >= 0.3 is 0 Å². The smallest absolute Gasteiger partial charge is 0.164 e. The van der Waals surface area contributed by atoms with Crippen LogP contribution in [0.1, 0.15) is 22.3 Å². The van der Waals surface area contributed by atoms with Gasteiger partial charge in [-0.2, -0.15) is 0 Å². The first kappa shape index (κ1) is 35.4. The van der Waals surface area contributed by atoms with Crippen molar-refractivity contribution in [2.24, 2.45) is 0 Å². The number of hydrogen-bond acceptors (Lipinski definition) is 4. The molecule has 0 saturated heterocycles. The SMILES string of the molecule is c1ccc(-c2ccc(-c3nc(-c4ccccc4)nc(-c4ccc5c(c4)-c4c(ccc6c7ccccc7n(-c7ccccc7)c46)C54c5ccccc5Oc5ccccc54)n3)cc2)cc1. The number of ether oxygens (including phenoxy) is 1. The number of benzene rings is 9. The predicted octanol–water partition coefficient (Wildman–Crippen LogP) is 14.1. The third kappa shape index (κ3) is 5.27. The summed E-state index contributed by atoms with van der Waals surface area (Å²) < 4.78 is 9.17. The Bertz CT molecular complexity index is 3530. The monoisotopic (exact) mass is 804 g/mol. The lowest BCUT2D eigenvalue weighted by Gasteiger charge is -2.39. The van der Waals surface area contributed by atoms with Gasteiger partial charge in [0.1, 0.15) is 11.5 Å². The highest BCUT2D eigenvalue weighted by atomic mass is 16.5. The minimum Gasteiger partial charge on any atom is -0.457 e. The van der Waals surface area contributed by atoms with Gasteiger partial charge in [-0.1, -0.05) is 182 Å². The zero-order chi connectivity index (χ0) is 41.5. The molecular weight excluding hydrogens is 769 g/mol. The molecule has 0 atom stereocenters. The summed E-state index contributed by atoms with van der Waals surface area (Å²) in [7, 11) is 0. The van der Waals surface area contributed by atoms with Crippen molar-refractivity contribution in [3.05, 3.63) is 241 Å². The molecular formula is C58H36N4O. The molecule has 0 fully saturated rings. The van der Waals surface area contributed by atoms with Crippen molar-refractivity contribution < 1.29 is 4.74 Å². The van der Waals surface area contributed by atoms with Crippen molar-refractivity contribution in [1.82, 2.24) is 19.5 Å². The summed E-state index contributed by atoms with van der Waals surface area (Å²) in [5.74, 6) is 3.57. The fraction of sp³-hybridized carbons (Fsp3) is 0.0172. The molecule has 1 spiro atoms. The Morgan fingerprint density at radius 1 is 0.365 bits per heavy atom. The second kappa shape index (κ2) is 13.8. The molecule has 1 aliphatic heterocycles. The Balaban J connectivity index is 1.11. The van der Waals surface area contributed by atoms with Crippen LogP contribution in [-0.4, -0.2) is 19.5 Å². The van der Waals surface area contributed by atoms with E-state index >= 15 is 0 Å². The van der Waals surface area contributed by atoms with Gasteiger partial charge in [-0.15, -0.1) is 0 Å². The van der Waals surface area contributed by atoms with Crippen LogP contribution in [0.4, 0.5) is 0 Å². The minimum atomic E-state index is -0.666. The van der Waals surface area contributed by atoms with E-state index in [1.807, 2.05) is 24.3 Å². The van der Waals surface area contributed by atoms with Crippen molar-refractivity contribution in [2.45, 2.75) is 5.41 Å². The lowest BCUT2D eigenvalue weighted by molar-refractivity contribution is 0.436. The van der Waals surface area contributed by atoms with Gasteiger partial charge < -0.3 is 9.30 Å². The molecule has 3 heterocycles. The molecule has 13 rings (SSSR count).